The average molecular weight is 282 g/mol. The lowest BCUT2D eigenvalue weighted by atomic mass is 10.3. The van der Waals surface area contributed by atoms with Crippen molar-refractivity contribution < 1.29 is 9.66 Å². The maximum atomic E-state index is 10.6. The zero-order valence-electron chi connectivity index (χ0n) is 9.41. The second-order valence-corrected chi connectivity index (χ2v) is 3.87. The van der Waals surface area contributed by atoms with Crippen molar-refractivity contribution in [2.45, 2.75) is 0 Å². The molecule has 0 aliphatic carbocycles. The summed E-state index contributed by atoms with van der Waals surface area (Å²) in [6.45, 7) is 0. The van der Waals surface area contributed by atoms with Gasteiger partial charge in [-0.25, -0.2) is 0 Å². The van der Waals surface area contributed by atoms with Crippen molar-refractivity contribution in [3.63, 3.8) is 0 Å². The fourth-order valence-electron chi connectivity index (χ4n) is 1.33. The second kappa shape index (κ2) is 4.94. The lowest BCUT2D eigenvalue weighted by Gasteiger charge is -2.06. The molecule has 0 fully saturated rings. The van der Waals surface area contributed by atoms with Crippen molar-refractivity contribution in [2.75, 3.05) is 11.5 Å². The van der Waals surface area contributed by atoms with Gasteiger partial charge in [0.2, 0.25) is 11.8 Å². The fraction of sp³-hybridized carbons (Fsp3) is 0. The van der Waals surface area contributed by atoms with Gasteiger partial charge in [0.05, 0.1) is 4.92 Å². The highest BCUT2D eigenvalue weighted by atomic mass is 35.5. The van der Waals surface area contributed by atoms with Gasteiger partial charge in [-0.1, -0.05) is 11.6 Å². The smallest absolute Gasteiger partial charge is 0.288 e. The number of nitrogen functional groups attached to an aromatic ring is 2. The van der Waals surface area contributed by atoms with Gasteiger partial charge in [0.15, 0.2) is 0 Å². The molecule has 0 saturated carbocycles. The fourth-order valence-corrected chi connectivity index (χ4v) is 1.57. The largest absolute Gasteiger partial charge is 0.439 e. The van der Waals surface area contributed by atoms with E-state index < -0.39 is 4.92 Å². The summed E-state index contributed by atoms with van der Waals surface area (Å²) >= 11 is 5.75. The first-order valence-corrected chi connectivity index (χ1v) is 5.35. The van der Waals surface area contributed by atoms with Gasteiger partial charge in [-0.05, 0) is 6.07 Å². The minimum atomic E-state index is -0.590. The van der Waals surface area contributed by atoms with E-state index >= 15 is 0 Å². The standard InChI is InChI=1S/C10H8ClN5O3/c11-6-3-5(1-2-7(6)16(17)18)19-9-4-8(12)14-10(13)15-9/h1-4H,(H4,12,13,14,15). The van der Waals surface area contributed by atoms with Gasteiger partial charge in [-0.2, -0.15) is 9.97 Å². The molecule has 0 aliphatic rings. The van der Waals surface area contributed by atoms with Crippen molar-refractivity contribution in [1.29, 1.82) is 0 Å². The van der Waals surface area contributed by atoms with Crippen molar-refractivity contribution in [1.82, 2.24) is 9.97 Å². The predicted octanol–water partition coefficient (Wildman–Crippen LogP) is 1.99. The van der Waals surface area contributed by atoms with E-state index in [2.05, 4.69) is 9.97 Å². The Morgan fingerprint density at radius 1 is 1.26 bits per heavy atom. The number of benzene rings is 1. The molecule has 0 aliphatic heterocycles. The Morgan fingerprint density at radius 2 is 2.00 bits per heavy atom. The topological polar surface area (TPSA) is 130 Å². The minimum absolute atomic E-state index is 0.0389. The van der Waals surface area contributed by atoms with Crippen LogP contribution in [0.15, 0.2) is 24.3 Å². The van der Waals surface area contributed by atoms with Gasteiger partial charge in [-0.3, -0.25) is 10.1 Å². The van der Waals surface area contributed by atoms with E-state index in [4.69, 9.17) is 27.8 Å². The van der Waals surface area contributed by atoms with Crippen molar-refractivity contribution in [3.05, 3.63) is 39.4 Å². The predicted molar refractivity (Wildman–Crippen MR) is 69.0 cm³/mol. The summed E-state index contributed by atoms with van der Waals surface area (Å²) in [6, 6.07) is 5.28. The van der Waals surface area contributed by atoms with Crippen LogP contribution in [0.2, 0.25) is 5.02 Å². The number of halogens is 1. The monoisotopic (exact) mass is 281 g/mol. The molecule has 2 aromatic rings. The average Bonchev–Trinajstić information content (AvgIpc) is 2.26. The molecule has 0 radical (unpaired) electrons. The highest BCUT2D eigenvalue weighted by Gasteiger charge is 2.13. The molecule has 1 aromatic heterocycles. The number of ether oxygens (including phenoxy) is 1. The van der Waals surface area contributed by atoms with Crippen LogP contribution < -0.4 is 16.2 Å². The number of nitro groups is 1. The lowest BCUT2D eigenvalue weighted by Crippen LogP contribution is -2.00. The van der Waals surface area contributed by atoms with Crippen molar-refractivity contribution >= 4 is 29.1 Å². The highest BCUT2D eigenvalue weighted by molar-refractivity contribution is 6.32. The number of nitrogens with zero attached hydrogens (tertiary/aromatic N) is 3. The van der Waals surface area contributed by atoms with Crippen LogP contribution >= 0.6 is 11.6 Å². The highest BCUT2D eigenvalue weighted by Crippen LogP contribution is 2.30. The summed E-state index contributed by atoms with van der Waals surface area (Å²) in [6.07, 6.45) is 0. The molecular weight excluding hydrogens is 274 g/mol. The van der Waals surface area contributed by atoms with E-state index in [0.29, 0.717) is 0 Å². The SMILES string of the molecule is Nc1cc(Oc2ccc([N+](=O)[O-])c(Cl)c2)nc(N)n1. The van der Waals surface area contributed by atoms with Gasteiger partial charge in [0.25, 0.3) is 5.69 Å². The zero-order valence-corrected chi connectivity index (χ0v) is 10.2. The first-order valence-electron chi connectivity index (χ1n) is 4.97. The molecule has 1 aromatic carbocycles. The Morgan fingerprint density at radius 3 is 2.58 bits per heavy atom. The van der Waals surface area contributed by atoms with Gasteiger partial charge >= 0.3 is 0 Å². The summed E-state index contributed by atoms with van der Waals surface area (Å²) in [5.41, 5.74) is 10.7. The number of hydrogen-bond donors (Lipinski definition) is 2. The molecular formula is C10H8ClN5O3. The Labute approximate surface area is 112 Å². The molecule has 98 valence electrons. The van der Waals surface area contributed by atoms with Gasteiger partial charge in [-0.15, -0.1) is 0 Å². The first kappa shape index (κ1) is 12.8. The number of anilines is 2. The third kappa shape index (κ3) is 2.99. The molecule has 1 heterocycles. The Kier molecular flexibility index (Phi) is 3.34. The van der Waals surface area contributed by atoms with E-state index in [0.717, 1.165) is 0 Å². The summed E-state index contributed by atoms with van der Waals surface area (Å²) < 4.78 is 5.34. The van der Waals surface area contributed by atoms with Crippen LogP contribution in [-0.2, 0) is 0 Å². The van der Waals surface area contributed by atoms with E-state index in [1.54, 1.807) is 0 Å². The molecule has 0 saturated heterocycles. The van der Waals surface area contributed by atoms with Crippen LogP contribution in [0.3, 0.4) is 0 Å². The third-order valence-corrected chi connectivity index (χ3v) is 2.38. The maximum Gasteiger partial charge on any atom is 0.288 e. The lowest BCUT2D eigenvalue weighted by molar-refractivity contribution is -0.384. The number of rotatable bonds is 3. The normalized spacial score (nSPS) is 10.2. The van der Waals surface area contributed by atoms with Gasteiger partial charge < -0.3 is 16.2 Å². The van der Waals surface area contributed by atoms with E-state index in [1.165, 1.54) is 24.3 Å². The summed E-state index contributed by atoms with van der Waals surface area (Å²) in [7, 11) is 0. The molecule has 0 spiro atoms. The maximum absolute atomic E-state index is 10.6. The summed E-state index contributed by atoms with van der Waals surface area (Å²) in [5, 5.41) is 10.6. The zero-order chi connectivity index (χ0) is 14.0. The number of nitro benzene ring substituents is 1. The van der Waals surface area contributed by atoms with Gasteiger partial charge in [0.1, 0.15) is 16.6 Å². The molecule has 0 bridgehead atoms. The third-order valence-electron chi connectivity index (χ3n) is 2.08. The van der Waals surface area contributed by atoms with Crippen molar-refractivity contribution in [3.8, 4) is 11.6 Å². The number of hydrogen-bond acceptors (Lipinski definition) is 7. The Bertz CT molecular complexity index is 629. The van der Waals surface area contributed by atoms with Crippen LogP contribution in [0.5, 0.6) is 11.6 Å². The van der Waals surface area contributed by atoms with Crippen LogP contribution in [0, 0.1) is 10.1 Å². The molecule has 0 atom stereocenters. The quantitative estimate of drug-likeness (QED) is 0.649. The van der Waals surface area contributed by atoms with Crippen LogP contribution in [0.1, 0.15) is 0 Å². The minimum Gasteiger partial charge on any atom is -0.439 e. The molecule has 2 rings (SSSR count). The molecule has 8 nitrogen and oxygen atoms in total. The molecule has 0 amide bonds. The Hall–Kier alpha value is -2.61. The van der Waals surface area contributed by atoms with Crippen LogP contribution in [0.25, 0.3) is 0 Å². The number of aromatic nitrogens is 2. The van der Waals surface area contributed by atoms with E-state index in [1.807, 2.05) is 0 Å². The first-order chi connectivity index (χ1) is 8.95. The summed E-state index contributed by atoms with van der Waals surface area (Å²) in [5.74, 6) is 0.501. The van der Waals surface area contributed by atoms with Crippen LogP contribution in [-0.4, -0.2) is 14.9 Å². The second-order valence-electron chi connectivity index (χ2n) is 3.46. The van der Waals surface area contributed by atoms with Gasteiger partial charge in [0, 0.05) is 18.2 Å². The summed E-state index contributed by atoms with van der Waals surface area (Å²) in [4.78, 5) is 17.5. The molecule has 4 N–H and O–H groups in total. The molecule has 9 heteroatoms. The molecule has 0 unspecified atom stereocenters. The van der Waals surface area contributed by atoms with E-state index in [-0.39, 0.29) is 34.1 Å². The molecule has 19 heavy (non-hydrogen) atoms. The number of nitrogens with two attached hydrogens (primary N) is 2. The van der Waals surface area contributed by atoms with Crippen molar-refractivity contribution in [2.24, 2.45) is 0 Å². The Balaban J connectivity index is 2.28. The van der Waals surface area contributed by atoms with Crippen LogP contribution in [0.4, 0.5) is 17.5 Å². The van der Waals surface area contributed by atoms with E-state index in [9.17, 15) is 10.1 Å².